The summed E-state index contributed by atoms with van der Waals surface area (Å²) < 4.78 is 7.04. The average Bonchev–Trinajstić information content (AvgIpc) is 3.43. The van der Waals surface area contributed by atoms with E-state index in [1.54, 1.807) is 13.1 Å². The molecular weight excluding hydrogens is 408 g/mol. The first-order chi connectivity index (χ1) is 15.7. The number of aromatic nitrogens is 4. The van der Waals surface area contributed by atoms with Gasteiger partial charge in [0.05, 0.1) is 23.0 Å². The van der Waals surface area contributed by atoms with Crippen molar-refractivity contribution in [1.82, 2.24) is 24.3 Å². The lowest BCUT2D eigenvalue weighted by Crippen LogP contribution is -2.50. The molecule has 0 spiro atoms. The van der Waals surface area contributed by atoms with E-state index in [1.807, 2.05) is 28.7 Å². The topological polar surface area (TPSA) is 95.8 Å². The molecule has 1 aromatic carbocycles. The number of hydrogen-bond acceptors (Lipinski definition) is 7. The number of nitrogens with one attached hydrogen (secondary N) is 1. The van der Waals surface area contributed by atoms with E-state index in [9.17, 15) is 9.59 Å². The number of fused-ring (bicyclic) bond motifs is 6. The molecule has 4 aromatic rings. The number of carbonyl (C=O) groups excluding carboxylic acids is 1. The van der Waals surface area contributed by atoms with Gasteiger partial charge in [-0.2, -0.15) is 4.98 Å². The Labute approximate surface area is 183 Å². The molecule has 2 aliphatic heterocycles. The van der Waals surface area contributed by atoms with Crippen LogP contribution in [-0.4, -0.2) is 69.0 Å². The van der Waals surface area contributed by atoms with Crippen molar-refractivity contribution in [1.29, 1.82) is 0 Å². The number of aromatic amines is 1. The highest BCUT2D eigenvalue weighted by Gasteiger charge is 2.32. The molecule has 2 fully saturated rings. The summed E-state index contributed by atoms with van der Waals surface area (Å²) in [6, 6.07) is 8.21. The molecule has 3 aromatic heterocycles. The van der Waals surface area contributed by atoms with E-state index in [0.717, 1.165) is 30.7 Å². The molecular formula is C23H24N6O3. The molecule has 0 bridgehead atoms. The predicted octanol–water partition coefficient (Wildman–Crippen LogP) is 2.19. The molecule has 0 saturated carbocycles. The quantitative estimate of drug-likeness (QED) is 0.496. The number of ether oxygens (including phenoxy) is 1. The summed E-state index contributed by atoms with van der Waals surface area (Å²) in [5, 5.41) is 0.304. The molecule has 1 unspecified atom stereocenters. The van der Waals surface area contributed by atoms with E-state index in [4.69, 9.17) is 9.72 Å². The second-order valence-electron chi connectivity index (χ2n) is 8.44. The second kappa shape index (κ2) is 7.30. The molecule has 9 heteroatoms. The van der Waals surface area contributed by atoms with Gasteiger partial charge in [-0.05, 0) is 38.4 Å². The first-order valence-electron chi connectivity index (χ1n) is 11.1. The highest BCUT2D eigenvalue weighted by atomic mass is 16.5. The number of esters is 1. The van der Waals surface area contributed by atoms with Crippen LogP contribution in [0.4, 0.5) is 5.95 Å². The lowest BCUT2D eigenvalue weighted by Gasteiger charge is -2.37. The fourth-order valence-corrected chi connectivity index (χ4v) is 5.13. The molecule has 2 aliphatic rings. The molecule has 0 radical (unpaired) electrons. The zero-order valence-electron chi connectivity index (χ0n) is 17.9. The van der Waals surface area contributed by atoms with Gasteiger partial charge in [-0.15, -0.1) is 0 Å². The van der Waals surface area contributed by atoms with Crippen molar-refractivity contribution in [2.24, 2.45) is 0 Å². The van der Waals surface area contributed by atoms with Crippen LogP contribution in [0.2, 0.25) is 0 Å². The van der Waals surface area contributed by atoms with Gasteiger partial charge in [0.15, 0.2) is 5.65 Å². The number of para-hydroxylation sites is 2. The number of benzene rings is 1. The number of carbonyl (C=O) groups is 1. The maximum absolute atomic E-state index is 13.3. The highest BCUT2D eigenvalue weighted by molar-refractivity contribution is 6.02. The summed E-state index contributed by atoms with van der Waals surface area (Å²) >= 11 is 0. The molecule has 32 heavy (non-hydrogen) atoms. The van der Waals surface area contributed by atoms with Crippen molar-refractivity contribution in [2.45, 2.75) is 25.8 Å². The Kier molecular flexibility index (Phi) is 4.39. The van der Waals surface area contributed by atoms with Crippen LogP contribution in [0.5, 0.6) is 0 Å². The van der Waals surface area contributed by atoms with Crippen LogP contribution in [0.25, 0.3) is 27.7 Å². The Morgan fingerprint density at radius 3 is 3.00 bits per heavy atom. The Balaban J connectivity index is 1.59. The van der Waals surface area contributed by atoms with Crippen LogP contribution in [-0.2, 0) is 4.74 Å². The van der Waals surface area contributed by atoms with Gasteiger partial charge < -0.3 is 14.6 Å². The van der Waals surface area contributed by atoms with E-state index >= 15 is 0 Å². The van der Waals surface area contributed by atoms with Gasteiger partial charge in [0.2, 0.25) is 11.4 Å². The van der Waals surface area contributed by atoms with E-state index in [0.29, 0.717) is 28.7 Å². The molecule has 0 aliphatic carbocycles. The largest absolute Gasteiger partial charge is 0.462 e. The van der Waals surface area contributed by atoms with Crippen molar-refractivity contribution >= 4 is 39.6 Å². The van der Waals surface area contributed by atoms with Gasteiger partial charge >= 0.3 is 5.97 Å². The van der Waals surface area contributed by atoms with Crippen molar-refractivity contribution in [3.63, 3.8) is 0 Å². The summed E-state index contributed by atoms with van der Waals surface area (Å²) in [4.78, 5) is 43.4. The Bertz CT molecular complexity index is 1420. The fourth-order valence-electron chi connectivity index (χ4n) is 5.13. The van der Waals surface area contributed by atoms with E-state index in [2.05, 4.69) is 19.8 Å². The number of imidazole rings is 1. The summed E-state index contributed by atoms with van der Waals surface area (Å²) in [5.41, 5.74) is 2.10. The number of piperazine rings is 1. The maximum atomic E-state index is 13.3. The van der Waals surface area contributed by atoms with Gasteiger partial charge in [-0.3, -0.25) is 14.1 Å². The second-order valence-corrected chi connectivity index (χ2v) is 8.44. The average molecular weight is 432 g/mol. The van der Waals surface area contributed by atoms with Crippen LogP contribution in [0.3, 0.4) is 0 Å². The summed E-state index contributed by atoms with van der Waals surface area (Å²) in [6.07, 6.45) is 3.98. The standard InChI is InChI=1S/C23H24N6O3/c1-2-32-22(31)18-19(30)15-12-24-23(28-11-10-27-9-5-6-14(27)13-28)26-20(15)29-17-8-4-3-7-16(17)25-21(18)29/h3-4,7-8,12,14,25H,2,5-6,9-11,13H2,1H3. The number of nitrogens with zero attached hydrogens (tertiary/aromatic N) is 5. The SMILES string of the molecule is CCOC(=O)c1c(=O)c2cnc(N3CCN4CCCC4C3)nc2n2c1[nH]c1ccccc12. The van der Waals surface area contributed by atoms with Crippen LogP contribution >= 0.6 is 0 Å². The van der Waals surface area contributed by atoms with Gasteiger partial charge in [-0.1, -0.05) is 12.1 Å². The molecule has 9 nitrogen and oxygen atoms in total. The molecule has 164 valence electrons. The summed E-state index contributed by atoms with van der Waals surface area (Å²) in [6.45, 7) is 5.81. The third-order valence-corrected chi connectivity index (χ3v) is 6.65. The van der Waals surface area contributed by atoms with Gasteiger partial charge in [0.25, 0.3) is 0 Å². The molecule has 2 saturated heterocycles. The minimum Gasteiger partial charge on any atom is -0.462 e. The van der Waals surface area contributed by atoms with E-state index in [-0.39, 0.29) is 12.2 Å². The monoisotopic (exact) mass is 432 g/mol. The van der Waals surface area contributed by atoms with Crippen molar-refractivity contribution in [3.8, 4) is 0 Å². The first-order valence-corrected chi connectivity index (χ1v) is 11.1. The zero-order chi connectivity index (χ0) is 21.8. The zero-order valence-corrected chi connectivity index (χ0v) is 17.9. The first kappa shape index (κ1) is 19.2. The molecule has 0 amide bonds. The van der Waals surface area contributed by atoms with Crippen molar-refractivity contribution < 1.29 is 9.53 Å². The fraction of sp³-hybridized carbons (Fsp3) is 0.391. The summed E-state index contributed by atoms with van der Waals surface area (Å²) in [5.74, 6) is -0.0312. The van der Waals surface area contributed by atoms with E-state index in [1.165, 1.54) is 19.4 Å². The normalized spacial score (nSPS) is 19.2. The smallest absolute Gasteiger partial charge is 0.345 e. The number of anilines is 1. The number of rotatable bonds is 3. The maximum Gasteiger partial charge on any atom is 0.345 e. The molecule has 1 atom stereocenters. The Morgan fingerprint density at radius 1 is 1.25 bits per heavy atom. The Hall–Kier alpha value is -3.46. The predicted molar refractivity (Wildman–Crippen MR) is 121 cm³/mol. The number of hydrogen-bond donors (Lipinski definition) is 1. The molecule has 6 rings (SSSR count). The van der Waals surface area contributed by atoms with Crippen LogP contribution in [0.1, 0.15) is 30.1 Å². The molecule has 1 N–H and O–H groups in total. The number of H-pyrrole nitrogens is 1. The van der Waals surface area contributed by atoms with Gasteiger partial charge in [-0.25, -0.2) is 9.78 Å². The molecule has 5 heterocycles. The van der Waals surface area contributed by atoms with Crippen LogP contribution in [0, 0.1) is 0 Å². The van der Waals surface area contributed by atoms with E-state index < -0.39 is 11.4 Å². The summed E-state index contributed by atoms with van der Waals surface area (Å²) in [7, 11) is 0. The lowest BCUT2D eigenvalue weighted by atomic mass is 10.1. The Morgan fingerprint density at radius 2 is 2.12 bits per heavy atom. The van der Waals surface area contributed by atoms with Gasteiger partial charge in [0, 0.05) is 31.9 Å². The van der Waals surface area contributed by atoms with Crippen molar-refractivity contribution in [3.05, 3.63) is 46.2 Å². The van der Waals surface area contributed by atoms with Crippen molar-refractivity contribution in [2.75, 3.05) is 37.7 Å². The number of pyridine rings is 1. The minimum atomic E-state index is -0.648. The third kappa shape index (κ3) is 2.81. The van der Waals surface area contributed by atoms with Crippen LogP contribution in [0.15, 0.2) is 35.3 Å². The lowest BCUT2D eigenvalue weighted by molar-refractivity contribution is 0.0527. The highest BCUT2D eigenvalue weighted by Crippen LogP contribution is 2.26. The van der Waals surface area contributed by atoms with Gasteiger partial charge in [0.1, 0.15) is 11.2 Å². The van der Waals surface area contributed by atoms with Crippen LogP contribution < -0.4 is 10.3 Å². The third-order valence-electron chi connectivity index (χ3n) is 6.65. The minimum absolute atomic E-state index is 0.0218.